The zero-order chi connectivity index (χ0) is 14.7. The Bertz CT molecular complexity index is 736. The van der Waals surface area contributed by atoms with E-state index >= 15 is 0 Å². The first-order valence-electron chi connectivity index (χ1n) is 5.82. The fourth-order valence-corrected chi connectivity index (χ4v) is 2.22. The Labute approximate surface area is 122 Å². The van der Waals surface area contributed by atoms with Gasteiger partial charge in [-0.1, -0.05) is 15.9 Å². The van der Waals surface area contributed by atoms with Crippen molar-refractivity contribution in [3.63, 3.8) is 0 Å². The molecule has 104 valence electrons. The van der Waals surface area contributed by atoms with Crippen LogP contribution < -0.4 is 16.6 Å². The highest BCUT2D eigenvalue weighted by Gasteiger charge is 2.07. The van der Waals surface area contributed by atoms with Gasteiger partial charge in [-0.25, -0.2) is 4.79 Å². The van der Waals surface area contributed by atoms with Gasteiger partial charge in [0.15, 0.2) is 0 Å². The highest BCUT2D eigenvalue weighted by Crippen LogP contribution is 2.20. The number of aromatic nitrogens is 2. The molecule has 1 heterocycles. The van der Waals surface area contributed by atoms with Gasteiger partial charge in [-0.15, -0.1) is 0 Å². The first kappa shape index (κ1) is 14.3. The van der Waals surface area contributed by atoms with Gasteiger partial charge in [-0.2, -0.15) is 0 Å². The quantitative estimate of drug-likeness (QED) is 0.788. The van der Waals surface area contributed by atoms with Crippen LogP contribution in [0.25, 0.3) is 0 Å². The Balaban J connectivity index is 2.12. The second-order valence-electron chi connectivity index (χ2n) is 4.30. The number of anilines is 1. The fraction of sp³-hybridized carbons (Fsp3) is 0.154. The van der Waals surface area contributed by atoms with Crippen LogP contribution in [-0.2, 0) is 11.2 Å². The Hall–Kier alpha value is -2.15. The normalized spacial score (nSPS) is 10.3. The van der Waals surface area contributed by atoms with Crippen LogP contribution in [0.2, 0.25) is 0 Å². The number of amides is 1. The van der Waals surface area contributed by atoms with Crippen LogP contribution in [0, 0.1) is 6.92 Å². The van der Waals surface area contributed by atoms with Crippen molar-refractivity contribution < 1.29 is 4.79 Å². The number of carbonyl (C=O) groups is 1. The highest BCUT2D eigenvalue weighted by atomic mass is 79.9. The van der Waals surface area contributed by atoms with E-state index in [0.717, 1.165) is 10.0 Å². The number of carbonyl (C=O) groups excluding carboxylic acids is 1. The number of rotatable bonds is 3. The number of aromatic amines is 2. The van der Waals surface area contributed by atoms with E-state index in [1.807, 2.05) is 24.0 Å². The van der Waals surface area contributed by atoms with Crippen molar-refractivity contribution in [2.24, 2.45) is 0 Å². The van der Waals surface area contributed by atoms with E-state index in [2.05, 4.69) is 26.2 Å². The van der Waals surface area contributed by atoms with E-state index in [4.69, 9.17) is 0 Å². The minimum absolute atomic E-state index is 0.0747. The summed E-state index contributed by atoms with van der Waals surface area (Å²) in [5, 5.41) is 2.73. The molecule has 7 heteroatoms. The monoisotopic (exact) mass is 337 g/mol. The predicted molar refractivity (Wildman–Crippen MR) is 78.9 cm³/mol. The number of benzene rings is 1. The molecule has 0 bridgehead atoms. The van der Waals surface area contributed by atoms with Crippen LogP contribution in [0.3, 0.4) is 0 Å². The number of hydrogen-bond donors (Lipinski definition) is 3. The molecule has 3 N–H and O–H groups in total. The van der Waals surface area contributed by atoms with Crippen LogP contribution in [0.1, 0.15) is 11.3 Å². The summed E-state index contributed by atoms with van der Waals surface area (Å²) in [6.07, 6.45) is -0.0747. The lowest BCUT2D eigenvalue weighted by molar-refractivity contribution is -0.115. The van der Waals surface area contributed by atoms with Gasteiger partial charge < -0.3 is 10.3 Å². The minimum atomic E-state index is -0.625. The molecule has 0 saturated heterocycles. The van der Waals surface area contributed by atoms with E-state index in [1.54, 1.807) is 6.07 Å². The summed E-state index contributed by atoms with van der Waals surface area (Å²) in [5.74, 6) is -0.309. The van der Waals surface area contributed by atoms with Crippen LogP contribution in [-0.4, -0.2) is 15.9 Å². The first-order valence-corrected chi connectivity index (χ1v) is 6.62. The molecule has 1 aromatic heterocycles. The molecule has 0 saturated carbocycles. The smallest absolute Gasteiger partial charge is 0.325 e. The van der Waals surface area contributed by atoms with Gasteiger partial charge in [0.1, 0.15) is 0 Å². The molecule has 0 atom stereocenters. The molecular formula is C13H12BrN3O3. The van der Waals surface area contributed by atoms with Crippen LogP contribution in [0.15, 0.2) is 38.3 Å². The maximum atomic E-state index is 11.9. The maximum absolute atomic E-state index is 11.9. The second-order valence-corrected chi connectivity index (χ2v) is 5.21. The molecule has 0 unspecified atom stereocenters. The molecule has 1 amide bonds. The molecule has 1 aromatic carbocycles. The van der Waals surface area contributed by atoms with Crippen molar-refractivity contribution >= 4 is 27.5 Å². The SMILES string of the molecule is Cc1cc(Br)ccc1NC(=O)Cc1cc(=O)[nH]c(=O)[nH]1. The zero-order valence-corrected chi connectivity index (χ0v) is 12.2. The van der Waals surface area contributed by atoms with Crippen molar-refractivity contribution in [1.82, 2.24) is 9.97 Å². The Kier molecular flexibility index (Phi) is 4.19. The largest absolute Gasteiger partial charge is 0.326 e. The summed E-state index contributed by atoms with van der Waals surface area (Å²) in [6.45, 7) is 1.87. The van der Waals surface area contributed by atoms with Crippen molar-refractivity contribution in [1.29, 1.82) is 0 Å². The first-order chi connectivity index (χ1) is 9.44. The van der Waals surface area contributed by atoms with Crippen molar-refractivity contribution in [3.8, 4) is 0 Å². The third kappa shape index (κ3) is 3.67. The number of aryl methyl sites for hydroxylation is 1. The van der Waals surface area contributed by atoms with Crippen LogP contribution in [0.4, 0.5) is 5.69 Å². The van der Waals surface area contributed by atoms with Gasteiger partial charge >= 0.3 is 5.69 Å². The molecule has 6 nitrogen and oxygen atoms in total. The zero-order valence-electron chi connectivity index (χ0n) is 10.6. The molecule has 0 aliphatic heterocycles. The molecule has 0 aliphatic carbocycles. The van der Waals surface area contributed by atoms with Crippen LogP contribution in [0.5, 0.6) is 0 Å². The van der Waals surface area contributed by atoms with Gasteiger partial charge in [-0.05, 0) is 30.7 Å². The molecule has 0 aliphatic rings. The molecule has 0 spiro atoms. The van der Waals surface area contributed by atoms with Gasteiger partial charge in [0, 0.05) is 21.9 Å². The van der Waals surface area contributed by atoms with Crippen molar-refractivity contribution in [3.05, 3.63) is 60.8 Å². The molecule has 2 aromatic rings. The summed E-state index contributed by atoms with van der Waals surface area (Å²) in [4.78, 5) is 38.6. The average molecular weight is 338 g/mol. The van der Waals surface area contributed by atoms with E-state index in [9.17, 15) is 14.4 Å². The number of halogens is 1. The minimum Gasteiger partial charge on any atom is -0.326 e. The maximum Gasteiger partial charge on any atom is 0.325 e. The van der Waals surface area contributed by atoms with Gasteiger partial charge in [0.25, 0.3) is 5.56 Å². The van der Waals surface area contributed by atoms with E-state index in [-0.39, 0.29) is 18.0 Å². The number of H-pyrrole nitrogens is 2. The molecule has 20 heavy (non-hydrogen) atoms. The Morgan fingerprint density at radius 3 is 2.65 bits per heavy atom. The predicted octanol–water partition coefficient (Wildman–Crippen LogP) is 1.32. The van der Waals surface area contributed by atoms with E-state index in [0.29, 0.717) is 5.69 Å². The van der Waals surface area contributed by atoms with Crippen LogP contribution >= 0.6 is 15.9 Å². The third-order valence-corrected chi connectivity index (χ3v) is 3.12. The van der Waals surface area contributed by atoms with Gasteiger partial charge in [0.2, 0.25) is 5.91 Å². The average Bonchev–Trinajstić information content (AvgIpc) is 2.31. The third-order valence-electron chi connectivity index (χ3n) is 2.63. The summed E-state index contributed by atoms with van der Waals surface area (Å²) < 4.78 is 0.923. The topological polar surface area (TPSA) is 94.8 Å². The Morgan fingerprint density at radius 2 is 2.00 bits per heavy atom. The molecule has 2 rings (SSSR count). The lowest BCUT2D eigenvalue weighted by Crippen LogP contribution is -2.25. The Morgan fingerprint density at radius 1 is 1.25 bits per heavy atom. The summed E-state index contributed by atoms with van der Waals surface area (Å²) in [7, 11) is 0. The summed E-state index contributed by atoms with van der Waals surface area (Å²) >= 11 is 3.34. The lowest BCUT2D eigenvalue weighted by atomic mass is 10.2. The summed E-state index contributed by atoms with van der Waals surface area (Å²) in [6, 6.07) is 6.66. The second kappa shape index (κ2) is 5.87. The molecule has 0 radical (unpaired) electrons. The van der Waals surface area contributed by atoms with Gasteiger partial charge in [0.05, 0.1) is 6.42 Å². The van der Waals surface area contributed by atoms with Crippen molar-refractivity contribution in [2.75, 3.05) is 5.32 Å². The van der Waals surface area contributed by atoms with Crippen molar-refractivity contribution in [2.45, 2.75) is 13.3 Å². The van der Waals surface area contributed by atoms with Gasteiger partial charge in [-0.3, -0.25) is 14.6 Å². The number of hydrogen-bond acceptors (Lipinski definition) is 3. The molecular weight excluding hydrogens is 326 g/mol. The van der Waals surface area contributed by atoms with E-state index in [1.165, 1.54) is 6.07 Å². The summed E-state index contributed by atoms with van der Waals surface area (Å²) in [5.41, 5.74) is 0.708. The standard InChI is InChI=1S/C13H12BrN3O3/c1-7-4-8(14)2-3-10(7)16-11(18)5-9-6-12(19)17-13(20)15-9/h2-4,6H,5H2,1H3,(H,16,18)(H2,15,17,19,20). The fourth-order valence-electron chi connectivity index (χ4n) is 1.75. The number of nitrogens with one attached hydrogen (secondary N) is 3. The lowest BCUT2D eigenvalue weighted by Gasteiger charge is -2.08. The highest BCUT2D eigenvalue weighted by molar-refractivity contribution is 9.10. The molecule has 0 fully saturated rings. The van der Waals surface area contributed by atoms with E-state index < -0.39 is 11.2 Å².